The summed E-state index contributed by atoms with van der Waals surface area (Å²) in [6, 6.07) is 11.3. The van der Waals surface area contributed by atoms with Gasteiger partial charge in [0.15, 0.2) is 0 Å². The van der Waals surface area contributed by atoms with Crippen LogP contribution in [0.15, 0.2) is 41.3 Å². The lowest BCUT2D eigenvalue weighted by Crippen LogP contribution is -2.32. The van der Waals surface area contributed by atoms with Crippen LogP contribution >= 0.6 is 0 Å². The molecule has 0 aliphatic heterocycles. The van der Waals surface area contributed by atoms with Crippen molar-refractivity contribution < 1.29 is 8.42 Å². The van der Waals surface area contributed by atoms with Crippen molar-refractivity contribution in [1.29, 1.82) is 0 Å². The largest absolute Gasteiger partial charge is 0.241 e. The monoisotopic (exact) mass is 305 g/mol. The SMILES string of the molecule is CC[C@@H](C)NS(=O)(=O)c1ccc(C(C)C)c2ccccc12. The summed E-state index contributed by atoms with van der Waals surface area (Å²) in [7, 11) is -3.49. The van der Waals surface area contributed by atoms with Gasteiger partial charge in [0.1, 0.15) is 0 Å². The fourth-order valence-corrected chi connectivity index (χ4v) is 3.98. The van der Waals surface area contributed by atoms with E-state index < -0.39 is 10.0 Å². The Balaban J connectivity index is 2.64. The van der Waals surface area contributed by atoms with Gasteiger partial charge in [0, 0.05) is 11.4 Å². The Morgan fingerprint density at radius 3 is 2.19 bits per heavy atom. The number of fused-ring (bicyclic) bond motifs is 1. The van der Waals surface area contributed by atoms with E-state index in [0.29, 0.717) is 10.8 Å². The minimum absolute atomic E-state index is 0.0708. The van der Waals surface area contributed by atoms with E-state index in [1.165, 1.54) is 5.56 Å². The number of benzene rings is 2. The van der Waals surface area contributed by atoms with Gasteiger partial charge in [-0.1, -0.05) is 51.1 Å². The number of nitrogens with one attached hydrogen (secondary N) is 1. The molecule has 0 aromatic heterocycles. The fraction of sp³-hybridized carbons (Fsp3) is 0.412. The first kappa shape index (κ1) is 16.0. The molecule has 0 amide bonds. The molecule has 0 fully saturated rings. The third kappa shape index (κ3) is 3.27. The Hall–Kier alpha value is -1.39. The predicted molar refractivity (Wildman–Crippen MR) is 88.1 cm³/mol. The fourth-order valence-electron chi connectivity index (χ4n) is 2.44. The molecule has 1 N–H and O–H groups in total. The summed E-state index contributed by atoms with van der Waals surface area (Å²) in [6.45, 7) is 8.08. The van der Waals surface area contributed by atoms with Gasteiger partial charge >= 0.3 is 0 Å². The first-order valence-electron chi connectivity index (χ1n) is 7.40. The van der Waals surface area contributed by atoms with Crippen LogP contribution in [0.25, 0.3) is 10.8 Å². The van der Waals surface area contributed by atoms with Gasteiger partial charge in [-0.3, -0.25) is 0 Å². The Kier molecular flexibility index (Phi) is 4.69. The first-order valence-corrected chi connectivity index (χ1v) is 8.89. The smallest absolute Gasteiger partial charge is 0.208 e. The molecular weight excluding hydrogens is 282 g/mol. The molecule has 3 nitrogen and oxygen atoms in total. The molecule has 0 saturated heterocycles. The van der Waals surface area contributed by atoms with E-state index in [1.807, 2.05) is 44.2 Å². The van der Waals surface area contributed by atoms with Crippen molar-refractivity contribution in [3.05, 3.63) is 42.0 Å². The van der Waals surface area contributed by atoms with Crippen LogP contribution in [0.3, 0.4) is 0 Å². The quantitative estimate of drug-likeness (QED) is 0.906. The third-order valence-electron chi connectivity index (χ3n) is 3.80. The highest BCUT2D eigenvalue weighted by atomic mass is 32.2. The molecule has 114 valence electrons. The summed E-state index contributed by atoms with van der Waals surface area (Å²) in [5, 5.41) is 1.80. The van der Waals surface area contributed by atoms with E-state index in [0.717, 1.165) is 17.2 Å². The van der Waals surface area contributed by atoms with Crippen molar-refractivity contribution in [2.75, 3.05) is 0 Å². The van der Waals surface area contributed by atoms with Crippen LogP contribution in [0, 0.1) is 0 Å². The molecule has 21 heavy (non-hydrogen) atoms. The lowest BCUT2D eigenvalue weighted by atomic mass is 9.96. The zero-order valence-electron chi connectivity index (χ0n) is 13.1. The third-order valence-corrected chi connectivity index (χ3v) is 5.45. The van der Waals surface area contributed by atoms with Crippen LogP contribution in [0.5, 0.6) is 0 Å². The number of hydrogen-bond acceptors (Lipinski definition) is 2. The first-order chi connectivity index (χ1) is 9.86. The zero-order chi connectivity index (χ0) is 15.6. The molecule has 2 aromatic carbocycles. The minimum atomic E-state index is -3.49. The molecule has 2 rings (SSSR count). The molecule has 0 heterocycles. The summed E-state index contributed by atoms with van der Waals surface area (Å²) >= 11 is 0. The molecule has 0 aliphatic rings. The highest BCUT2D eigenvalue weighted by Gasteiger charge is 2.20. The molecule has 0 saturated carbocycles. The summed E-state index contributed by atoms with van der Waals surface area (Å²) in [6.07, 6.45) is 0.765. The maximum absolute atomic E-state index is 12.6. The van der Waals surface area contributed by atoms with Gasteiger partial charge in [-0.05, 0) is 36.3 Å². The van der Waals surface area contributed by atoms with E-state index in [9.17, 15) is 8.42 Å². The molecule has 2 aromatic rings. The lowest BCUT2D eigenvalue weighted by molar-refractivity contribution is 0.556. The van der Waals surface area contributed by atoms with Crippen LogP contribution in [0.1, 0.15) is 45.6 Å². The predicted octanol–water partition coefficient (Wildman–Crippen LogP) is 4.04. The van der Waals surface area contributed by atoms with Crippen molar-refractivity contribution in [3.8, 4) is 0 Å². The van der Waals surface area contributed by atoms with Crippen molar-refractivity contribution in [1.82, 2.24) is 4.72 Å². The Morgan fingerprint density at radius 2 is 1.62 bits per heavy atom. The Morgan fingerprint density at radius 1 is 1.00 bits per heavy atom. The number of sulfonamides is 1. The Bertz CT molecular complexity index is 736. The maximum atomic E-state index is 12.6. The average molecular weight is 305 g/mol. The molecule has 0 aliphatic carbocycles. The summed E-state index contributed by atoms with van der Waals surface area (Å²) in [5.74, 6) is 0.356. The van der Waals surface area contributed by atoms with Crippen molar-refractivity contribution in [3.63, 3.8) is 0 Å². The molecule has 0 spiro atoms. The second-order valence-corrected chi connectivity index (χ2v) is 7.47. The Labute approximate surface area is 127 Å². The minimum Gasteiger partial charge on any atom is -0.208 e. The van der Waals surface area contributed by atoms with Crippen molar-refractivity contribution in [2.24, 2.45) is 0 Å². The summed E-state index contributed by atoms with van der Waals surface area (Å²) in [4.78, 5) is 0.364. The number of rotatable bonds is 5. The highest BCUT2D eigenvalue weighted by molar-refractivity contribution is 7.89. The molecular formula is C17H23NO2S. The van der Waals surface area contributed by atoms with Crippen LogP contribution in [-0.2, 0) is 10.0 Å². The molecule has 0 bridgehead atoms. The molecule has 0 unspecified atom stereocenters. The van der Waals surface area contributed by atoms with E-state index in [2.05, 4.69) is 18.6 Å². The standard InChI is InChI=1S/C17H23NO2S/c1-5-13(4)18-21(19,20)17-11-10-14(12(2)3)15-8-6-7-9-16(15)17/h6-13,18H,5H2,1-4H3/t13-/m1/s1. The van der Waals surface area contributed by atoms with E-state index >= 15 is 0 Å². The van der Waals surface area contributed by atoms with Crippen LogP contribution in [0.4, 0.5) is 0 Å². The highest BCUT2D eigenvalue weighted by Crippen LogP contribution is 2.30. The van der Waals surface area contributed by atoms with Crippen molar-refractivity contribution in [2.45, 2.75) is 51.0 Å². The summed E-state index contributed by atoms with van der Waals surface area (Å²) in [5.41, 5.74) is 1.17. The number of hydrogen-bond donors (Lipinski definition) is 1. The van der Waals surface area contributed by atoms with Gasteiger partial charge in [0.25, 0.3) is 0 Å². The lowest BCUT2D eigenvalue weighted by Gasteiger charge is -2.16. The summed E-state index contributed by atoms with van der Waals surface area (Å²) < 4.78 is 27.9. The van der Waals surface area contributed by atoms with Gasteiger partial charge < -0.3 is 0 Å². The van der Waals surface area contributed by atoms with E-state index in [-0.39, 0.29) is 6.04 Å². The van der Waals surface area contributed by atoms with Gasteiger partial charge in [0.05, 0.1) is 4.90 Å². The van der Waals surface area contributed by atoms with Gasteiger partial charge in [0.2, 0.25) is 10.0 Å². The van der Waals surface area contributed by atoms with Crippen LogP contribution in [0.2, 0.25) is 0 Å². The van der Waals surface area contributed by atoms with Crippen molar-refractivity contribution >= 4 is 20.8 Å². The maximum Gasteiger partial charge on any atom is 0.241 e. The molecule has 1 atom stereocenters. The second-order valence-electron chi connectivity index (χ2n) is 5.78. The van der Waals surface area contributed by atoms with E-state index in [1.54, 1.807) is 6.07 Å². The average Bonchev–Trinajstić information content (AvgIpc) is 2.45. The van der Waals surface area contributed by atoms with Gasteiger partial charge in [-0.2, -0.15) is 0 Å². The van der Waals surface area contributed by atoms with Crippen LogP contribution in [-0.4, -0.2) is 14.5 Å². The zero-order valence-corrected chi connectivity index (χ0v) is 13.9. The normalized spacial score (nSPS) is 13.8. The van der Waals surface area contributed by atoms with E-state index in [4.69, 9.17) is 0 Å². The topological polar surface area (TPSA) is 46.2 Å². The van der Waals surface area contributed by atoms with Gasteiger partial charge in [-0.25, -0.2) is 13.1 Å². The molecule has 0 radical (unpaired) electrons. The van der Waals surface area contributed by atoms with Gasteiger partial charge in [-0.15, -0.1) is 0 Å². The molecule has 4 heteroatoms. The second kappa shape index (κ2) is 6.16. The van der Waals surface area contributed by atoms with Crippen LogP contribution < -0.4 is 4.72 Å².